The number of fused-ring (bicyclic) bond motifs is 5. The molecule has 1 aromatic carbocycles. The first-order valence-electron chi connectivity index (χ1n) is 19.5. The van der Waals surface area contributed by atoms with Crippen LogP contribution in [0.5, 0.6) is 0 Å². The average Bonchev–Trinajstić information content (AvgIpc) is 3.13. The largest absolute Gasteiger partial charge is 0.456 e. The third-order valence-electron chi connectivity index (χ3n) is 12.3. The van der Waals surface area contributed by atoms with Gasteiger partial charge in [-0.15, -0.1) is 0 Å². The van der Waals surface area contributed by atoms with E-state index in [1.54, 1.807) is 5.32 Å². The number of rotatable bonds is 10. The smallest absolute Gasteiger partial charge is 0.408 e. The molecule has 332 valence electrons. The maximum absolute atomic E-state index is 15.4. The Morgan fingerprint density at radius 2 is 1.73 bits per heavy atom. The molecule has 1 saturated heterocycles. The Morgan fingerprint density at radius 3 is 2.27 bits per heavy atom. The highest BCUT2D eigenvalue weighted by molar-refractivity contribution is 6.30. The Balaban J connectivity index is 1.75. The first-order valence-corrected chi connectivity index (χ1v) is 19.8. The minimum absolute atomic E-state index is 0.0204. The summed E-state index contributed by atoms with van der Waals surface area (Å²) in [4.78, 5) is 81.9. The third kappa shape index (κ3) is 8.12. The second-order valence-corrected chi connectivity index (χ2v) is 17.9. The van der Waals surface area contributed by atoms with Gasteiger partial charge in [0.2, 0.25) is 0 Å². The lowest BCUT2D eigenvalue weighted by molar-refractivity contribution is -0.346. The van der Waals surface area contributed by atoms with E-state index in [0.717, 1.165) is 6.92 Å². The highest BCUT2D eigenvalue weighted by Gasteiger charge is 2.78. The van der Waals surface area contributed by atoms with Gasteiger partial charge in [-0.2, -0.15) is 0 Å². The predicted octanol–water partition coefficient (Wildman–Crippen LogP) is 3.77. The topological polar surface area (TPSA) is 231 Å². The molecule has 3 aliphatic carbocycles. The number of benzene rings is 1. The van der Waals surface area contributed by atoms with E-state index in [1.165, 1.54) is 79.7 Å². The monoisotopic (exact) mass is 871 g/mol. The van der Waals surface area contributed by atoms with E-state index in [1.807, 2.05) is 0 Å². The van der Waals surface area contributed by atoms with Crippen LogP contribution in [0.4, 0.5) is 13.6 Å². The molecular formula is C41H52ClF2NO15. The molecule has 0 aromatic heterocycles. The van der Waals surface area contributed by atoms with Gasteiger partial charge in [-0.05, 0) is 64.0 Å². The van der Waals surface area contributed by atoms with Crippen molar-refractivity contribution in [1.82, 2.24) is 5.32 Å². The Labute approximate surface area is 350 Å². The van der Waals surface area contributed by atoms with E-state index >= 15 is 4.79 Å². The number of carbonyl (C=O) groups excluding carboxylic acids is 6. The molecule has 2 saturated carbocycles. The molecule has 4 aliphatic rings. The quantitative estimate of drug-likeness (QED) is 0.149. The van der Waals surface area contributed by atoms with Crippen molar-refractivity contribution in [1.29, 1.82) is 0 Å². The van der Waals surface area contributed by atoms with Crippen molar-refractivity contribution in [3.05, 3.63) is 46.0 Å². The van der Waals surface area contributed by atoms with E-state index in [-0.39, 0.29) is 34.6 Å². The SMILES string of the molecule is CCC(=O)O[C@H]1C(=O)[C@@]2(C)C([C@H](OC(=O)c3cccc(Cl)c3)[C@]3(O)C[C@H](OC(=O)[C@H](O)[C@@H](NC(=O)OC(C)(C)C)C(F)F)C(C)=C1C3(C)C)[C@]1(OC(C)=O)CO[C@@H]1C[C@@H]2O. The summed E-state index contributed by atoms with van der Waals surface area (Å²) in [5.74, 6) is -7.19. The average molecular weight is 872 g/mol. The number of Topliss-reactive ketones (excluding diaryl/α,β-unsaturated/α-hetero) is 1. The molecule has 5 rings (SSSR count). The van der Waals surface area contributed by atoms with Crippen LogP contribution in [-0.4, -0.2) is 124 Å². The summed E-state index contributed by atoms with van der Waals surface area (Å²) in [6.07, 6.45) is -17.3. The van der Waals surface area contributed by atoms with Gasteiger partial charge < -0.3 is 49.1 Å². The molecule has 1 unspecified atom stereocenters. The number of alkyl carbamates (subject to hydrolysis) is 1. The predicted molar refractivity (Wildman–Crippen MR) is 203 cm³/mol. The normalized spacial score (nSPS) is 33.0. The molecule has 4 N–H and O–H groups in total. The number of esters is 4. The van der Waals surface area contributed by atoms with Crippen molar-refractivity contribution < 1.29 is 81.3 Å². The Bertz CT molecular complexity index is 1950. The van der Waals surface area contributed by atoms with Crippen LogP contribution < -0.4 is 5.32 Å². The molecular weight excluding hydrogens is 820 g/mol. The molecule has 2 bridgehead atoms. The first kappa shape index (κ1) is 46.8. The molecule has 60 heavy (non-hydrogen) atoms. The second kappa shape index (κ2) is 16.6. The number of carbonyl (C=O) groups is 6. The fraction of sp³-hybridized carbons (Fsp3) is 0.659. The minimum atomic E-state index is -3.53. The summed E-state index contributed by atoms with van der Waals surface area (Å²) in [7, 11) is 0. The van der Waals surface area contributed by atoms with Gasteiger partial charge in [0.1, 0.15) is 35.6 Å². The molecule has 1 amide bonds. The van der Waals surface area contributed by atoms with E-state index < -0.39 is 131 Å². The maximum Gasteiger partial charge on any atom is 0.408 e. The van der Waals surface area contributed by atoms with Crippen molar-refractivity contribution in [2.75, 3.05) is 6.61 Å². The van der Waals surface area contributed by atoms with E-state index in [2.05, 4.69) is 0 Å². The Kier molecular flexibility index (Phi) is 12.9. The molecule has 1 heterocycles. The number of ketones is 1. The molecule has 16 nitrogen and oxygen atoms in total. The summed E-state index contributed by atoms with van der Waals surface area (Å²) in [6.45, 7) is 12.1. The van der Waals surface area contributed by atoms with Crippen LogP contribution in [0.3, 0.4) is 0 Å². The Hall–Kier alpha value is -4.23. The van der Waals surface area contributed by atoms with Crippen LogP contribution >= 0.6 is 11.6 Å². The van der Waals surface area contributed by atoms with E-state index in [4.69, 9.17) is 40.0 Å². The maximum atomic E-state index is 15.4. The number of ether oxygens (including phenoxy) is 6. The van der Waals surface area contributed by atoms with Crippen molar-refractivity contribution in [3.63, 3.8) is 0 Å². The van der Waals surface area contributed by atoms with E-state index in [9.17, 15) is 48.1 Å². The highest BCUT2D eigenvalue weighted by atomic mass is 35.5. The summed E-state index contributed by atoms with van der Waals surface area (Å²) in [5.41, 5.74) is -9.82. The van der Waals surface area contributed by atoms with Crippen LogP contribution in [0.25, 0.3) is 0 Å². The lowest BCUT2D eigenvalue weighted by Crippen LogP contribution is -2.82. The number of halogens is 3. The number of amides is 1. The van der Waals surface area contributed by atoms with Gasteiger partial charge in [-0.3, -0.25) is 14.4 Å². The standard InChI is InChI=1S/C41H52ClF2NO15/c1-10-25(48)57-29-26-18(2)22(56-35(52)28(49)27(33(43)44)45-36(53)60-37(4,5)6)16-41(54,38(26,7)8)32(58-34(51)20-12-11-13-21(42)14-20)30-39(9,31(29)50)23(47)15-24-40(30,17-55-24)59-19(3)46/h11-14,22-24,27-30,32-33,47,49,54H,10,15-17H2,1-9H3,(H,45,53)/t22-,23-,24+,27+,28+,29+,30?,32-,39+,40-,41+/m0/s1. The van der Waals surface area contributed by atoms with Crippen LogP contribution in [-0.2, 0) is 47.6 Å². The molecule has 11 atom stereocenters. The molecule has 0 spiro atoms. The molecule has 19 heteroatoms. The van der Waals surface area contributed by atoms with Gasteiger partial charge >= 0.3 is 30.0 Å². The first-order chi connectivity index (χ1) is 27.7. The van der Waals surface area contributed by atoms with Crippen LogP contribution in [0.2, 0.25) is 5.02 Å². The number of alkyl halides is 2. The number of aliphatic hydroxyl groups is 3. The summed E-state index contributed by atoms with van der Waals surface area (Å²) in [5, 5.41) is 38.4. The molecule has 1 aromatic rings. The van der Waals surface area contributed by atoms with Crippen LogP contribution in [0, 0.1) is 16.7 Å². The summed E-state index contributed by atoms with van der Waals surface area (Å²) >= 11 is 6.21. The van der Waals surface area contributed by atoms with Crippen LogP contribution in [0.15, 0.2) is 35.4 Å². The molecule has 1 aliphatic heterocycles. The van der Waals surface area contributed by atoms with Crippen molar-refractivity contribution in [2.24, 2.45) is 16.7 Å². The lowest BCUT2D eigenvalue weighted by Gasteiger charge is -2.67. The fourth-order valence-corrected chi connectivity index (χ4v) is 9.38. The fourth-order valence-electron chi connectivity index (χ4n) is 9.19. The van der Waals surface area contributed by atoms with Crippen molar-refractivity contribution in [3.8, 4) is 0 Å². The zero-order valence-corrected chi connectivity index (χ0v) is 35.5. The number of hydrogen-bond acceptors (Lipinski definition) is 15. The van der Waals surface area contributed by atoms with Gasteiger partial charge in [-0.25, -0.2) is 23.2 Å². The van der Waals surface area contributed by atoms with E-state index in [0.29, 0.717) is 0 Å². The van der Waals surface area contributed by atoms with Gasteiger partial charge in [0.25, 0.3) is 6.43 Å². The molecule has 3 fully saturated rings. The van der Waals surface area contributed by atoms with Crippen molar-refractivity contribution in [2.45, 2.75) is 147 Å². The number of aliphatic hydroxyl groups excluding tert-OH is 2. The number of nitrogens with one attached hydrogen (secondary N) is 1. The van der Waals surface area contributed by atoms with Gasteiger partial charge in [0.15, 0.2) is 23.6 Å². The van der Waals surface area contributed by atoms with Gasteiger partial charge in [0.05, 0.1) is 29.6 Å². The molecule has 0 radical (unpaired) electrons. The lowest BCUT2D eigenvalue weighted by atomic mass is 9.44. The summed E-state index contributed by atoms with van der Waals surface area (Å²) < 4.78 is 63.2. The highest BCUT2D eigenvalue weighted by Crippen LogP contribution is 2.64. The Morgan fingerprint density at radius 1 is 1.08 bits per heavy atom. The van der Waals surface area contributed by atoms with Crippen LogP contribution in [0.1, 0.15) is 91.9 Å². The van der Waals surface area contributed by atoms with Crippen molar-refractivity contribution >= 4 is 47.4 Å². The zero-order valence-electron chi connectivity index (χ0n) is 34.7. The minimum Gasteiger partial charge on any atom is -0.456 e. The second-order valence-electron chi connectivity index (χ2n) is 17.5. The number of hydrogen-bond donors (Lipinski definition) is 4. The van der Waals surface area contributed by atoms with Gasteiger partial charge in [0, 0.05) is 36.6 Å². The van der Waals surface area contributed by atoms with Gasteiger partial charge in [-0.1, -0.05) is 38.4 Å². The summed E-state index contributed by atoms with van der Waals surface area (Å²) in [6, 6.07) is 3.01. The zero-order chi connectivity index (χ0) is 45.1. The third-order valence-corrected chi connectivity index (χ3v) is 12.5.